The van der Waals surface area contributed by atoms with Crippen LogP contribution in [0.1, 0.15) is 10.4 Å². The Labute approximate surface area is 208 Å². The lowest BCUT2D eigenvalue weighted by molar-refractivity contribution is -0.385. The number of nitro groups is 1. The van der Waals surface area contributed by atoms with Crippen LogP contribution in [0.3, 0.4) is 0 Å². The molecule has 11 nitrogen and oxygen atoms in total. The van der Waals surface area contributed by atoms with E-state index in [2.05, 4.69) is 20.6 Å². The second-order valence-electron chi connectivity index (χ2n) is 7.51. The van der Waals surface area contributed by atoms with Gasteiger partial charge in [-0.15, -0.1) is 21.5 Å². The van der Waals surface area contributed by atoms with Crippen molar-refractivity contribution in [1.82, 2.24) is 19.8 Å². The molecule has 3 heterocycles. The molecule has 36 heavy (non-hydrogen) atoms. The minimum Gasteiger partial charge on any atom is -0.493 e. The third kappa shape index (κ3) is 4.20. The fourth-order valence-electron chi connectivity index (χ4n) is 3.66. The molecule has 0 radical (unpaired) electrons. The Kier molecular flexibility index (Phi) is 6.00. The number of methoxy groups -OCH3 is 2. The van der Waals surface area contributed by atoms with E-state index in [1.54, 1.807) is 22.7 Å². The minimum atomic E-state index is -0.665. The molecule has 2 aromatic carbocycles. The highest BCUT2D eigenvalue weighted by atomic mass is 32.1. The zero-order chi connectivity index (χ0) is 25.2. The summed E-state index contributed by atoms with van der Waals surface area (Å²) in [6, 6.07) is 16.9. The SMILES string of the molecule is COc1cc(C(=O)Nc2cccc(-c3ccc4nnc(-c5cccs5)n4n3)c2)c([N+](=O)[O-])cc1OC. The van der Waals surface area contributed by atoms with E-state index in [0.29, 0.717) is 22.9 Å². The van der Waals surface area contributed by atoms with E-state index in [1.165, 1.54) is 31.6 Å². The van der Waals surface area contributed by atoms with E-state index in [0.717, 1.165) is 16.5 Å². The Hall–Kier alpha value is -4.84. The van der Waals surface area contributed by atoms with Gasteiger partial charge in [0, 0.05) is 17.3 Å². The summed E-state index contributed by atoms with van der Waals surface area (Å²) in [5.41, 5.74) is 1.84. The molecule has 0 saturated heterocycles. The first-order valence-electron chi connectivity index (χ1n) is 10.6. The number of nitrogens with zero attached hydrogens (tertiary/aromatic N) is 5. The number of benzene rings is 2. The van der Waals surface area contributed by atoms with Crippen molar-refractivity contribution >= 4 is 34.3 Å². The predicted molar refractivity (Wildman–Crippen MR) is 134 cm³/mol. The molecular formula is C24H18N6O5S. The highest BCUT2D eigenvalue weighted by Gasteiger charge is 2.25. The second kappa shape index (κ2) is 9.43. The summed E-state index contributed by atoms with van der Waals surface area (Å²) in [5.74, 6) is 0.323. The van der Waals surface area contributed by atoms with Crippen LogP contribution >= 0.6 is 11.3 Å². The first-order chi connectivity index (χ1) is 17.5. The molecule has 5 aromatic rings. The molecule has 0 fully saturated rings. The van der Waals surface area contributed by atoms with Crippen LogP contribution in [0, 0.1) is 10.1 Å². The first-order valence-corrected chi connectivity index (χ1v) is 11.4. The molecule has 0 aliphatic heterocycles. The monoisotopic (exact) mass is 502 g/mol. The molecule has 1 amide bonds. The second-order valence-corrected chi connectivity index (χ2v) is 8.45. The number of hydrogen-bond donors (Lipinski definition) is 1. The summed E-state index contributed by atoms with van der Waals surface area (Å²) < 4.78 is 12.0. The van der Waals surface area contributed by atoms with E-state index in [4.69, 9.17) is 9.47 Å². The van der Waals surface area contributed by atoms with E-state index in [1.807, 2.05) is 35.7 Å². The third-order valence-corrected chi connectivity index (χ3v) is 6.23. The first kappa shape index (κ1) is 22.9. The summed E-state index contributed by atoms with van der Waals surface area (Å²) in [5, 5.41) is 29.4. The molecule has 0 saturated carbocycles. The van der Waals surface area contributed by atoms with Gasteiger partial charge >= 0.3 is 0 Å². The van der Waals surface area contributed by atoms with Crippen LogP contribution in [0.5, 0.6) is 11.5 Å². The van der Waals surface area contributed by atoms with Crippen LogP contribution in [0.15, 0.2) is 66.0 Å². The Morgan fingerprint density at radius 1 is 1.03 bits per heavy atom. The Bertz CT molecular complexity index is 1600. The molecule has 3 aromatic heterocycles. The topological polar surface area (TPSA) is 134 Å². The van der Waals surface area contributed by atoms with Crippen LogP contribution in [0.25, 0.3) is 27.6 Å². The number of carbonyl (C=O) groups is 1. The fraction of sp³-hybridized carbons (Fsp3) is 0.0833. The van der Waals surface area contributed by atoms with Gasteiger partial charge in [0.25, 0.3) is 11.6 Å². The molecule has 12 heteroatoms. The number of hydrogen-bond acceptors (Lipinski definition) is 9. The smallest absolute Gasteiger partial charge is 0.286 e. The number of anilines is 1. The average molecular weight is 503 g/mol. The Balaban J connectivity index is 1.47. The summed E-state index contributed by atoms with van der Waals surface area (Å²) in [4.78, 5) is 24.9. The number of nitrogens with one attached hydrogen (secondary N) is 1. The molecule has 0 unspecified atom stereocenters. The van der Waals surface area contributed by atoms with E-state index in [-0.39, 0.29) is 17.1 Å². The summed E-state index contributed by atoms with van der Waals surface area (Å²) >= 11 is 1.54. The highest BCUT2D eigenvalue weighted by molar-refractivity contribution is 7.13. The highest BCUT2D eigenvalue weighted by Crippen LogP contribution is 2.35. The van der Waals surface area contributed by atoms with Crippen molar-refractivity contribution in [3.63, 3.8) is 0 Å². The lowest BCUT2D eigenvalue weighted by Gasteiger charge is -2.11. The minimum absolute atomic E-state index is 0.153. The molecule has 5 rings (SSSR count). The Morgan fingerprint density at radius 2 is 1.83 bits per heavy atom. The zero-order valence-corrected chi connectivity index (χ0v) is 19.9. The predicted octanol–water partition coefficient (Wildman–Crippen LogP) is 4.70. The van der Waals surface area contributed by atoms with Crippen molar-refractivity contribution in [1.29, 1.82) is 0 Å². The van der Waals surface area contributed by atoms with E-state index >= 15 is 0 Å². The molecule has 0 aliphatic rings. The maximum atomic E-state index is 13.0. The van der Waals surface area contributed by atoms with Crippen LogP contribution in [-0.4, -0.2) is 44.9 Å². The fourth-order valence-corrected chi connectivity index (χ4v) is 4.35. The molecule has 0 aliphatic carbocycles. The number of carbonyl (C=O) groups excluding carboxylic acids is 1. The van der Waals surface area contributed by atoms with Crippen LogP contribution in [-0.2, 0) is 0 Å². The molecule has 1 N–H and O–H groups in total. The van der Waals surface area contributed by atoms with Gasteiger partial charge in [0.2, 0.25) is 0 Å². The zero-order valence-electron chi connectivity index (χ0n) is 19.0. The quantitative estimate of drug-likeness (QED) is 0.250. The van der Waals surface area contributed by atoms with Gasteiger partial charge in [-0.1, -0.05) is 18.2 Å². The van der Waals surface area contributed by atoms with Gasteiger partial charge in [0.1, 0.15) is 5.56 Å². The molecule has 0 spiro atoms. The van der Waals surface area contributed by atoms with Gasteiger partial charge in [0.15, 0.2) is 23.0 Å². The normalized spacial score (nSPS) is 10.8. The largest absolute Gasteiger partial charge is 0.493 e. The number of amides is 1. The maximum Gasteiger partial charge on any atom is 0.286 e. The maximum absolute atomic E-state index is 13.0. The van der Waals surface area contributed by atoms with Gasteiger partial charge in [0.05, 0.1) is 35.8 Å². The molecular weight excluding hydrogens is 484 g/mol. The van der Waals surface area contributed by atoms with Gasteiger partial charge in [-0.05, 0) is 35.7 Å². The number of fused-ring (bicyclic) bond motifs is 1. The summed E-state index contributed by atoms with van der Waals surface area (Å²) in [6.07, 6.45) is 0. The number of aromatic nitrogens is 4. The molecule has 180 valence electrons. The lowest BCUT2D eigenvalue weighted by Crippen LogP contribution is -2.14. The number of nitro benzene ring substituents is 1. The third-order valence-electron chi connectivity index (χ3n) is 5.36. The summed E-state index contributed by atoms with van der Waals surface area (Å²) in [6.45, 7) is 0. The standard InChI is InChI=1S/C24H18N6O5S/c1-34-19-12-16(18(30(32)33)13-20(19)35-2)24(31)25-15-6-3-5-14(11-15)17-8-9-22-26-27-23(29(22)28-17)21-7-4-10-36-21/h3-13H,1-2H3,(H,25,31). The van der Waals surface area contributed by atoms with Crippen molar-refractivity contribution in [2.45, 2.75) is 0 Å². The van der Waals surface area contributed by atoms with Crippen molar-refractivity contribution in [2.24, 2.45) is 0 Å². The number of ether oxygens (including phenoxy) is 2. The number of thiophene rings is 1. The van der Waals surface area contributed by atoms with Gasteiger partial charge in [-0.3, -0.25) is 14.9 Å². The van der Waals surface area contributed by atoms with E-state index in [9.17, 15) is 14.9 Å². The van der Waals surface area contributed by atoms with Crippen LogP contribution in [0.4, 0.5) is 11.4 Å². The van der Waals surface area contributed by atoms with E-state index < -0.39 is 16.5 Å². The lowest BCUT2D eigenvalue weighted by atomic mass is 10.1. The van der Waals surface area contributed by atoms with Crippen LogP contribution < -0.4 is 14.8 Å². The van der Waals surface area contributed by atoms with Crippen LogP contribution in [0.2, 0.25) is 0 Å². The molecule has 0 bridgehead atoms. The van der Waals surface area contributed by atoms with Crippen molar-refractivity contribution in [2.75, 3.05) is 19.5 Å². The molecule has 0 atom stereocenters. The average Bonchev–Trinajstić information content (AvgIpc) is 3.57. The van der Waals surface area contributed by atoms with Crippen molar-refractivity contribution < 1.29 is 19.2 Å². The van der Waals surface area contributed by atoms with Crippen molar-refractivity contribution in [3.05, 3.63) is 81.7 Å². The van der Waals surface area contributed by atoms with Gasteiger partial charge < -0.3 is 14.8 Å². The Morgan fingerprint density at radius 3 is 2.56 bits per heavy atom. The summed E-state index contributed by atoms with van der Waals surface area (Å²) in [7, 11) is 2.75. The number of rotatable bonds is 7. The van der Waals surface area contributed by atoms with Crippen molar-refractivity contribution in [3.8, 4) is 33.5 Å². The van der Waals surface area contributed by atoms with Gasteiger partial charge in [-0.2, -0.15) is 9.61 Å². The van der Waals surface area contributed by atoms with Gasteiger partial charge in [-0.25, -0.2) is 0 Å².